The molecule has 0 aliphatic heterocycles. The van der Waals surface area contributed by atoms with Crippen molar-refractivity contribution in [3.63, 3.8) is 0 Å². The van der Waals surface area contributed by atoms with E-state index in [1.807, 2.05) is 12.1 Å². The Morgan fingerprint density at radius 1 is 1.26 bits per heavy atom. The Balaban J connectivity index is 1.81. The topological polar surface area (TPSA) is 15.3 Å². The second kappa shape index (κ2) is 6.02. The van der Waals surface area contributed by atoms with Crippen LogP contribution in [0.4, 0.5) is 4.39 Å². The third kappa shape index (κ3) is 3.54. The Morgan fingerprint density at radius 2 is 1.89 bits per heavy atom. The van der Waals surface area contributed by atoms with Crippen molar-refractivity contribution < 1.29 is 4.39 Å². The first-order valence-corrected chi connectivity index (χ1v) is 7.17. The molecule has 0 saturated heterocycles. The highest BCUT2D eigenvalue weighted by atomic mass is 19.1. The highest BCUT2D eigenvalue weighted by molar-refractivity contribution is 5.17. The van der Waals surface area contributed by atoms with Gasteiger partial charge < -0.3 is 10.2 Å². The second-order valence-corrected chi connectivity index (χ2v) is 6.08. The van der Waals surface area contributed by atoms with Gasteiger partial charge in [-0.05, 0) is 64.4 Å². The lowest BCUT2D eigenvalue weighted by atomic mass is 9.75. The molecule has 1 aromatic carbocycles. The van der Waals surface area contributed by atoms with E-state index in [0.717, 1.165) is 13.0 Å². The molecule has 0 amide bonds. The Hall–Kier alpha value is -0.930. The predicted molar refractivity (Wildman–Crippen MR) is 77.8 cm³/mol. The fourth-order valence-corrected chi connectivity index (χ4v) is 2.78. The van der Waals surface area contributed by atoms with Crippen LogP contribution < -0.4 is 5.32 Å². The molecule has 2 rings (SSSR count). The quantitative estimate of drug-likeness (QED) is 0.850. The zero-order valence-corrected chi connectivity index (χ0v) is 12.2. The van der Waals surface area contributed by atoms with E-state index in [9.17, 15) is 4.39 Å². The molecule has 1 fully saturated rings. The molecule has 0 spiro atoms. The molecule has 0 radical (unpaired) electrons. The summed E-state index contributed by atoms with van der Waals surface area (Å²) in [5, 5.41) is 3.63. The Kier molecular flexibility index (Phi) is 4.58. The van der Waals surface area contributed by atoms with Gasteiger partial charge in [0.25, 0.3) is 0 Å². The zero-order chi connectivity index (χ0) is 13.9. The first-order chi connectivity index (χ1) is 9.02. The summed E-state index contributed by atoms with van der Waals surface area (Å²) < 4.78 is 12.8. The minimum absolute atomic E-state index is 0.162. The number of hydrogen-bond acceptors (Lipinski definition) is 2. The van der Waals surface area contributed by atoms with E-state index in [2.05, 4.69) is 31.2 Å². The molecule has 1 atom stereocenters. The lowest BCUT2D eigenvalue weighted by molar-refractivity contribution is 0.0577. The molecule has 1 aromatic rings. The molecule has 0 aromatic heterocycles. The number of nitrogens with zero attached hydrogens (tertiary/aromatic N) is 1. The van der Waals surface area contributed by atoms with Crippen molar-refractivity contribution in [1.82, 2.24) is 10.2 Å². The summed E-state index contributed by atoms with van der Waals surface area (Å²) in [6.45, 7) is 3.24. The molecule has 2 nitrogen and oxygen atoms in total. The van der Waals surface area contributed by atoms with Crippen LogP contribution in [0.5, 0.6) is 0 Å². The first kappa shape index (κ1) is 14.5. The van der Waals surface area contributed by atoms with E-state index in [1.54, 1.807) is 0 Å². The van der Waals surface area contributed by atoms with Crippen molar-refractivity contribution in [3.05, 3.63) is 35.6 Å². The van der Waals surface area contributed by atoms with Crippen LogP contribution in [-0.4, -0.2) is 37.1 Å². The largest absolute Gasteiger partial charge is 0.312 e. The summed E-state index contributed by atoms with van der Waals surface area (Å²) in [4.78, 5) is 2.36. The number of nitrogens with one attached hydrogen (secondary N) is 1. The summed E-state index contributed by atoms with van der Waals surface area (Å²) >= 11 is 0. The molecular weight excluding hydrogens is 239 g/mol. The van der Waals surface area contributed by atoms with Crippen LogP contribution in [0, 0.1) is 5.82 Å². The van der Waals surface area contributed by atoms with Gasteiger partial charge in [0.05, 0.1) is 0 Å². The molecule has 0 heterocycles. The smallest absolute Gasteiger partial charge is 0.123 e. The third-order valence-electron chi connectivity index (χ3n) is 4.47. The zero-order valence-electron chi connectivity index (χ0n) is 12.2. The van der Waals surface area contributed by atoms with Crippen LogP contribution in [0.15, 0.2) is 24.3 Å². The minimum atomic E-state index is -0.162. The summed E-state index contributed by atoms with van der Waals surface area (Å²) in [7, 11) is 4.34. The minimum Gasteiger partial charge on any atom is -0.312 e. The number of rotatable bonds is 6. The fraction of sp³-hybridized carbons (Fsp3) is 0.625. The van der Waals surface area contributed by atoms with E-state index in [4.69, 9.17) is 0 Å². The molecule has 1 unspecified atom stereocenters. The molecule has 19 heavy (non-hydrogen) atoms. The second-order valence-electron chi connectivity index (χ2n) is 6.08. The van der Waals surface area contributed by atoms with E-state index in [1.165, 1.54) is 37.0 Å². The molecule has 3 heteroatoms. The number of likely N-dealkylation sites (N-methyl/N-ethyl adjacent to an activating group) is 1. The van der Waals surface area contributed by atoms with Crippen LogP contribution in [0.3, 0.4) is 0 Å². The van der Waals surface area contributed by atoms with Crippen LogP contribution in [0.1, 0.15) is 31.7 Å². The maximum atomic E-state index is 12.8. The van der Waals surface area contributed by atoms with Crippen molar-refractivity contribution in [2.75, 3.05) is 20.6 Å². The lowest BCUT2D eigenvalue weighted by Crippen LogP contribution is -2.57. The van der Waals surface area contributed by atoms with E-state index >= 15 is 0 Å². The highest BCUT2D eigenvalue weighted by Crippen LogP contribution is 2.35. The Labute approximate surface area is 116 Å². The third-order valence-corrected chi connectivity index (χ3v) is 4.47. The molecule has 106 valence electrons. The molecule has 1 N–H and O–H groups in total. The normalized spacial score (nSPS) is 19.2. The Bertz CT molecular complexity index is 396. The van der Waals surface area contributed by atoms with Crippen molar-refractivity contribution in [1.29, 1.82) is 0 Å². The molecule has 1 saturated carbocycles. The molecule has 1 aliphatic rings. The number of hydrogen-bond donors (Lipinski definition) is 1. The summed E-state index contributed by atoms with van der Waals surface area (Å²) in [6, 6.07) is 7.24. The monoisotopic (exact) mass is 264 g/mol. The Morgan fingerprint density at radius 3 is 2.37 bits per heavy atom. The van der Waals surface area contributed by atoms with Gasteiger partial charge in [-0.2, -0.15) is 0 Å². The summed E-state index contributed by atoms with van der Waals surface area (Å²) in [5.41, 5.74) is 1.55. The average Bonchev–Trinajstić information content (AvgIpc) is 2.30. The van der Waals surface area contributed by atoms with Gasteiger partial charge >= 0.3 is 0 Å². The summed E-state index contributed by atoms with van der Waals surface area (Å²) in [5.74, 6) is -0.162. The van der Waals surface area contributed by atoms with Gasteiger partial charge in [0.15, 0.2) is 0 Å². The van der Waals surface area contributed by atoms with E-state index in [-0.39, 0.29) is 5.82 Å². The highest BCUT2D eigenvalue weighted by Gasteiger charge is 2.38. The standard InChI is InChI=1S/C16H25FN2/c1-13(11-14-5-7-15(17)8-6-14)18-12-16(19(2)3)9-4-10-16/h5-8,13,18H,4,9-12H2,1-3H3. The molecular formula is C16H25FN2. The summed E-state index contributed by atoms with van der Waals surface area (Å²) in [6.07, 6.45) is 4.86. The van der Waals surface area contributed by atoms with Crippen molar-refractivity contribution in [2.24, 2.45) is 0 Å². The maximum Gasteiger partial charge on any atom is 0.123 e. The van der Waals surface area contributed by atoms with Gasteiger partial charge in [-0.3, -0.25) is 0 Å². The SMILES string of the molecule is CC(Cc1ccc(F)cc1)NCC1(N(C)C)CCC1. The van der Waals surface area contributed by atoms with Crippen LogP contribution >= 0.6 is 0 Å². The van der Waals surface area contributed by atoms with Gasteiger partial charge in [0.2, 0.25) is 0 Å². The number of benzene rings is 1. The number of halogens is 1. The van der Waals surface area contributed by atoms with Crippen LogP contribution in [0.25, 0.3) is 0 Å². The van der Waals surface area contributed by atoms with E-state index < -0.39 is 0 Å². The van der Waals surface area contributed by atoms with Crippen molar-refractivity contribution >= 4 is 0 Å². The molecule has 1 aliphatic carbocycles. The predicted octanol–water partition coefficient (Wildman–Crippen LogP) is 2.83. The first-order valence-electron chi connectivity index (χ1n) is 7.17. The van der Waals surface area contributed by atoms with Gasteiger partial charge in [-0.1, -0.05) is 12.1 Å². The van der Waals surface area contributed by atoms with Gasteiger partial charge in [-0.15, -0.1) is 0 Å². The maximum absolute atomic E-state index is 12.8. The molecule has 0 bridgehead atoms. The average molecular weight is 264 g/mol. The van der Waals surface area contributed by atoms with Gasteiger partial charge in [-0.25, -0.2) is 4.39 Å². The van der Waals surface area contributed by atoms with Gasteiger partial charge in [0, 0.05) is 18.1 Å². The van der Waals surface area contributed by atoms with Crippen LogP contribution in [0.2, 0.25) is 0 Å². The van der Waals surface area contributed by atoms with E-state index in [0.29, 0.717) is 11.6 Å². The van der Waals surface area contributed by atoms with Gasteiger partial charge in [0.1, 0.15) is 5.82 Å². The van der Waals surface area contributed by atoms with Crippen molar-refractivity contribution in [3.8, 4) is 0 Å². The fourth-order valence-electron chi connectivity index (χ4n) is 2.78. The van der Waals surface area contributed by atoms with Crippen LogP contribution in [-0.2, 0) is 6.42 Å². The lowest BCUT2D eigenvalue weighted by Gasteiger charge is -2.48. The van der Waals surface area contributed by atoms with Crippen molar-refractivity contribution in [2.45, 2.75) is 44.2 Å².